The van der Waals surface area contributed by atoms with Crippen LogP contribution in [0, 0.1) is 5.41 Å². The molecule has 0 spiro atoms. The molecule has 0 unspecified atom stereocenters. The number of nitrogens with two attached hydrogens (primary N) is 1. The molecular formula is C19H30N2O2. The molecule has 128 valence electrons. The van der Waals surface area contributed by atoms with Crippen LogP contribution in [0.15, 0.2) is 24.3 Å². The van der Waals surface area contributed by atoms with E-state index in [9.17, 15) is 4.79 Å². The maximum absolute atomic E-state index is 12.4. The lowest BCUT2D eigenvalue weighted by atomic mass is 9.71. The number of benzene rings is 1. The third-order valence-electron chi connectivity index (χ3n) is 4.68. The molecule has 4 nitrogen and oxygen atoms in total. The van der Waals surface area contributed by atoms with Crippen LogP contribution in [0.1, 0.15) is 57.9 Å². The van der Waals surface area contributed by atoms with E-state index in [1.54, 1.807) is 0 Å². The van der Waals surface area contributed by atoms with Crippen molar-refractivity contribution >= 4 is 11.6 Å². The van der Waals surface area contributed by atoms with Crippen LogP contribution < -0.4 is 11.1 Å². The van der Waals surface area contributed by atoms with Crippen LogP contribution in [0.3, 0.4) is 0 Å². The van der Waals surface area contributed by atoms with Crippen molar-refractivity contribution < 1.29 is 9.53 Å². The smallest absolute Gasteiger partial charge is 0.224 e. The summed E-state index contributed by atoms with van der Waals surface area (Å²) in [5.41, 5.74) is 7.88. The number of carbonyl (C=O) groups is 1. The highest BCUT2D eigenvalue weighted by Gasteiger charge is 2.32. The van der Waals surface area contributed by atoms with Gasteiger partial charge in [-0.05, 0) is 56.3 Å². The molecule has 0 atom stereocenters. The molecule has 0 heterocycles. The zero-order valence-electron chi connectivity index (χ0n) is 14.4. The summed E-state index contributed by atoms with van der Waals surface area (Å²) in [6.45, 7) is 5.20. The van der Waals surface area contributed by atoms with Crippen LogP contribution in [0.25, 0.3) is 0 Å². The van der Waals surface area contributed by atoms with Gasteiger partial charge in [-0.3, -0.25) is 4.79 Å². The van der Waals surface area contributed by atoms with Gasteiger partial charge in [-0.15, -0.1) is 0 Å². The number of ether oxygens (including phenoxy) is 1. The molecule has 1 aliphatic carbocycles. The molecule has 2 rings (SSSR count). The molecule has 1 aromatic carbocycles. The van der Waals surface area contributed by atoms with Crippen LogP contribution in [-0.4, -0.2) is 18.6 Å². The summed E-state index contributed by atoms with van der Waals surface area (Å²) < 4.78 is 5.61. The Morgan fingerprint density at radius 3 is 2.70 bits per heavy atom. The molecule has 1 amide bonds. The van der Waals surface area contributed by atoms with Crippen molar-refractivity contribution in [3.63, 3.8) is 0 Å². The Hall–Kier alpha value is -1.39. The van der Waals surface area contributed by atoms with Gasteiger partial charge in [-0.25, -0.2) is 0 Å². The van der Waals surface area contributed by atoms with E-state index < -0.39 is 0 Å². The second-order valence-corrected chi connectivity index (χ2v) is 7.05. The van der Waals surface area contributed by atoms with Gasteiger partial charge in [0.1, 0.15) is 0 Å². The number of hydrogen-bond donors (Lipinski definition) is 2. The predicted octanol–water partition coefficient (Wildman–Crippen LogP) is 3.85. The molecule has 1 aliphatic rings. The maximum atomic E-state index is 12.4. The van der Waals surface area contributed by atoms with E-state index in [4.69, 9.17) is 10.5 Å². The van der Waals surface area contributed by atoms with Gasteiger partial charge in [0.25, 0.3) is 0 Å². The number of rotatable bonds is 7. The Morgan fingerprint density at radius 2 is 2.04 bits per heavy atom. The molecule has 0 aromatic heterocycles. The van der Waals surface area contributed by atoms with E-state index in [0.29, 0.717) is 19.6 Å². The number of nitrogens with one attached hydrogen (secondary N) is 1. The zero-order valence-corrected chi connectivity index (χ0v) is 14.4. The van der Waals surface area contributed by atoms with Gasteiger partial charge in [-0.1, -0.05) is 31.4 Å². The molecule has 1 saturated carbocycles. The van der Waals surface area contributed by atoms with Gasteiger partial charge in [0.15, 0.2) is 0 Å². The van der Waals surface area contributed by atoms with Gasteiger partial charge >= 0.3 is 0 Å². The maximum Gasteiger partial charge on any atom is 0.224 e. The fourth-order valence-electron chi connectivity index (χ4n) is 3.30. The van der Waals surface area contributed by atoms with Crippen molar-refractivity contribution in [3.05, 3.63) is 29.8 Å². The van der Waals surface area contributed by atoms with E-state index in [2.05, 4.69) is 5.32 Å². The Balaban J connectivity index is 1.93. The molecular weight excluding hydrogens is 288 g/mol. The number of carbonyl (C=O) groups excluding carboxylic acids is 1. The molecule has 0 saturated heterocycles. The Labute approximate surface area is 139 Å². The number of amides is 1. The molecule has 4 heteroatoms. The predicted molar refractivity (Wildman–Crippen MR) is 94.2 cm³/mol. The highest BCUT2D eigenvalue weighted by atomic mass is 16.5. The highest BCUT2D eigenvalue weighted by molar-refractivity contribution is 5.91. The van der Waals surface area contributed by atoms with E-state index in [-0.39, 0.29) is 17.4 Å². The van der Waals surface area contributed by atoms with Gasteiger partial charge in [0.05, 0.1) is 12.7 Å². The van der Waals surface area contributed by atoms with Crippen LogP contribution in [0.5, 0.6) is 0 Å². The third-order valence-corrected chi connectivity index (χ3v) is 4.68. The summed E-state index contributed by atoms with van der Waals surface area (Å²) in [5, 5.41) is 3.03. The second-order valence-electron chi connectivity index (χ2n) is 7.05. The third kappa shape index (κ3) is 5.63. The minimum absolute atomic E-state index is 0.000692. The lowest BCUT2D eigenvalue weighted by Crippen LogP contribution is -2.36. The number of hydrogen-bond acceptors (Lipinski definition) is 3. The fraction of sp³-hybridized carbons (Fsp3) is 0.632. The van der Waals surface area contributed by atoms with Crippen molar-refractivity contribution in [2.24, 2.45) is 11.1 Å². The molecule has 1 aromatic rings. The monoisotopic (exact) mass is 318 g/mol. The van der Waals surface area contributed by atoms with Crippen LogP contribution >= 0.6 is 0 Å². The van der Waals surface area contributed by atoms with Gasteiger partial charge in [0, 0.05) is 12.1 Å². The topological polar surface area (TPSA) is 64.3 Å². The van der Waals surface area contributed by atoms with Crippen molar-refractivity contribution in [3.8, 4) is 0 Å². The largest absolute Gasteiger partial charge is 0.374 e. The lowest BCUT2D eigenvalue weighted by molar-refractivity contribution is -0.118. The molecule has 3 N–H and O–H groups in total. The summed E-state index contributed by atoms with van der Waals surface area (Å²) in [6, 6.07) is 7.87. The first-order valence-corrected chi connectivity index (χ1v) is 8.73. The van der Waals surface area contributed by atoms with Crippen molar-refractivity contribution in [1.82, 2.24) is 0 Å². The van der Waals surface area contributed by atoms with Gasteiger partial charge < -0.3 is 15.8 Å². The molecule has 0 aliphatic heterocycles. The van der Waals surface area contributed by atoms with Crippen LogP contribution in [0.2, 0.25) is 0 Å². The average molecular weight is 318 g/mol. The van der Waals surface area contributed by atoms with E-state index in [1.165, 1.54) is 19.3 Å². The number of anilines is 1. The van der Waals surface area contributed by atoms with Crippen molar-refractivity contribution in [1.29, 1.82) is 0 Å². The van der Waals surface area contributed by atoms with Gasteiger partial charge in [0.2, 0.25) is 5.91 Å². The standard InChI is InChI=1S/C19H30N2O2/c1-15(2)23-13-16-7-6-8-17(11-16)21-18(22)12-19(14-20)9-4-3-5-10-19/h6-8,11,15H,3-5,9-10,12-14,20H2,1-2H3,(H,21,22). The Kier molecular flexibility index (Phi) is 6.60. The minimum atomic E-state index is 0.000692. The SMILES string of the molecule is CC(C)OCc1cccc(NC(=O)CC2(CN)CCCCC2)c1. The second kappa shape index (κ2) is 8.46. The summed E-state index contributed by atoms with van der Waals surface area (Å²) in [5.74, 6) is 0.0688. The minimum Gasteiger partial charge on any atom is -0.374 e. The Morgan fingerprint density at radius 1 is 1.30 bits per heavy atom. The first-order valence-electron chi connectivity index (χ1n) is 8.73. The molecule has 1 fully saturated rings. The van der Waals surface area contributed by atoms with E-state index in [1.807, 2.05) is 38.1 Å². The van der Waals surface area contributed by atoms with Crippen molar-refractivity contribution in [2.75, 3.05) is 11.9 Å². The fourth-order valence-corrected chi connectivity index (χ4v) is 3.30. The summed E-state index contributed by atoms with van der Waals surface area (Å²) in [7, 11) is 0. The summed E-state index contributed by atoms with van der Waals surface area (Å²) in [4.78, 5) is 12.4. The summed E-state index contributed by atoms with van der Waals surface area (Å²) in [6.07, 6.45) is 6.50. The first-order chi connectivity index (χ1) is 11.0. The molecule has 23 heavy (non-hydrogen) atoms. The van der Waals surface area contributed by atoms with E-state index in [0.717, 1.165) is 24.1 Å². The van der Waals surface area contributed by atoms with Gasteiger partial charge in [-0.2, -0.15) is 0 Å². The Bertz CT molecular complexity index is 508. The van der Waals surface area contributed by atoms with E-state index >= 15 is 0 Å². The summed E-state index contributed by atoms with van der Waals surface area (Å²) >= 11 is 0. The van der Waals surface area contributed by atoms with Crippen LogP contribution in [0.4, 0.5) is 5.69 Å². The lowest BCUT2D eigenvalue weighted by Gasteiger charge is -2.35. The quantitative estimate of drug-likeness (QED) is 0.802. The molecule has 0 radical (unpaired) electrons. The van der Waals surface area contributed by atoms with Crippen LogP contribution in [-0.2, 0) is 16.1 Å². The normalized spacial score (nSPS) is 17.2. The highest BCUT2D eigenvalue weighted by Crippen LogP contribution is 2.38. The molecule has 0 bridgehead atoms. The average Bonchev–Trinajstić information content (AvgIpc) is 2.54. The van der Waals surface area contributed by atoms with Crippen molar-refractivity contribution in [2.45, 2.75) is 65.1 Å². The first kappa shape index (κ1) is 18.0. The zero-order chi connectivity index (χ0) is 16.7.